The lowest BCUT2D eigenvalue weighted by Gasteiger charge is -2.11. The normalized spacial score (nSPS) is 17.3. The molecule has 1 aliphatic heterocycles. The van der Waals surface area contributed by atoms with Gasteiger partial charge in [-0.2, -0.15) is 0 Å². The second-order valence-electron chi connectivity index (χ2n) is 3.05. The van der Waals surface area contributed by atoms with Crippen LogP contribution in [0, 0.1) is 6.92 Å². The summed E-state index contributed by atoms with van der Waals surface area (Å²) >= 11 is 5.24. The summed E-state index contributed by atoms with van der Waals surface area (Å²) in [6, 6.07) is 0. The van der Waals surface area contributed by atoms with Gasteiger partial charge in [-0.3, -0.25) is 0 Å². The van der Waals surface area contributed by atoms with Crippen molar-refractivity contribution in [1.82, 2.24) is 4.98 Å². The second-order valence-corrected chi connectivity index (χ2v) is 5.35. The van der Waals surface area contributed by atoms with Crippen LogP contribution in [0.25, 0.3) is 0 Å². The molecule has 2 nitrogen and oxygen atoms in total. The Morgan fingerprint density at radius 3 is 2.58 bits per heavy atom. The number of aryl methyl sites for hydroxylation is 1. The number of hydrogen-bond acceptors (Lipinski definition) is 3. The van der Waals surface area contributed by atoms with E-state index in [0.717, 1.165) is 5.69 Å². The summed E-state index contributed by atoms with van der Waals surface area (Å²) in [5.41, 5.74) is 1.11. The summed E-state index contributed by atoms with van der Waals surface area (Å²) in [5, 5.41) is 1.18. The van der Waals surface area contributed by atoms with Crippen LogP contribution in [-0.4, -0.2) is 18.1 Å². The van der Waals surface area contributed by atoms with Gasteiger partial charge in [0, 0.05) is 13.1 Å². The Kier molecular flexibility index (Phi) is 2.37. The molecular weight excluding hydrogens is 236 g/mol. The van der Waals surface area contributed by atoms with Crippen LogP contribution in [0.4, 0.5) is 5.13 Å². The van der Waals surface area contributed by atoms with Crippen molar-refractivity contribution >= 4 is 32.4 Å². The van der Waals surface area contributed by atoms with E-state index >= 15 is 0 Å². The summed E-state index contributed by atoms with van der Waals surface area (Å²) < 4.78 is 1.17. The van der Waals surface area contributed by atoms with Crippen molar-refractivity contribution in [3.05, 3.63) is 9.48 Å². The highest BCUT2D eigenvalue weighted by molar-refractivity contribution is 9.11. The molecule has 1 aromatic rings. The average Bonchev–Trinajstić information content (AvgIpc) is 2.61. The molecule has 1 fully saturated rings. The molecule has 0 amide bonds. The third-order valence-corrected chi connectivity index (χ3v) is 4.17. The van der Waals surface area contributed by atoms with E-state index in [-0.39, 0.29) is 0 Å². The lowest BCUT2D eigenvalue weighted by molar-refractivity contribution is 0.949. The zero-order valence-electron chi connectivity index (χ0n) is 7.01. The minimum absolute atomic E-state index is 1.11. The van der Waals surface area contributed by atoms with Crippen molar-refractivity contribution in [2.24, 2.45) is 0 Å². The highest BCUT2D eigenvalue weighted by atomic mass is 79.9. The summed E-state index contributed by atoms with van der Waals surface area (Å²) in [5.74, 6) is 0. The molecular formula is C8H11BrN2S. The Morgan fingerprint density at radius 2 is 2.08 bits per heavy atom. The van der Waals surface area contributed by atoms with Crippen LogP contribution in [0.15, 0.2) is 3.79 Å². The molecule has 0 aliphatic carbocycles. The van der Waals surface area contributed by atoms with Crippen molar-refractivity contribution in [3.63, 3.8) is 0 Å². The fourth-order valence-corrected chi connectivity index (χ4v) is 2.78. The van der Waals surface area contributed by atoms with Crippen molar-refractivity contribution in [2.75, 3.05) is 18.0 Å². The maximum atomic E-state index is 4.49. The van der Waals surface area contributed by atoms with Crippen LogP contribution in [-0.2, 0) is 0 Å². The van der Waals surface area contributed by atoms with Gasteiger partial charge in [0.2, 0.25) is 0 Å². The van der Waals surface area contributed by atoms with Gasteiger partial charge in [-0.25, -0.2) is 4.98 Å². The van der Waals surface area contributed by atoms with Gasteiger partial charge < -0.3 is 4.90 Å². The van der Waals surface area contributed by atoms with Crippen molar-refractivity contribution in [3.8, 4) is 0 Å². The summed E-state index contributed by atoms with van der Waals surface area (Å²) in [4.78, 5) is 6.85. The fourth-order valence-electron chi connectivity index (χ4n) is 1.41. The zero-order valence-corrected chi connectivity index (χ0v) is 9.41. The number of anilines is 1. The van der Waals surface area contributed by atoms with Crippen LogP contribution < -0.4 is 4.90 Å². The molecule has 0 spiro atoms. The number of aromatic nitrogens is 1. The van der Waals surface area contributed by atoms with Crippen LogP contribution in [0.3, 0.4) is 0 Å². The Bertz CT molecular complexity index is 259. The van der Waals surface area contributed by atoms with Gasteiger partial charge in [-0.15, -0.1) is 0 Å². The Hall–Kier alpha value is -0.0900. The van der Waals surface area contributed by atoms with E-state index in [1.807, 2.05) is 6.92 Å². The number of halogens is 1. The molecule has 0 N–H and O–H groups in total. The van der Waals surface area contributed by atoms with Gasteiger partial charge in [-0.1, -0.05) is 11.3 Å². The number of rotatable bonds is 1. The van der Waals surface area contributed by atoms with Gasteiger partial charge in [0.05, 0.1) is 9.48 Å². The van der Waals surface area contributed by atoms with Gasteiger partial charge in [0.25, 0.3) is 0 Å². The van der Waals surface area contributed by atoms with Gasteiger partial charge >= 0.3 is 0 Å². The predicted molar refractivity (Wildman–Crippen MR) is 56.0 cm³/mol. The van der Waals surface area contributed by atoms with Crippen molar-refractivity contribution < 1.29 is 0 Å². The minimum Gasteiger partial charge on any atom is -0.348 e. The Morgan fingerprint density at radius 1 is 1.42 bits per heavy atom. The molecule has 0 saturated carbocycles. The summed E-state index contributed by atoms with van der Waals surface area (Å²) in [6.07, 6.45) is 2.63. The molecule has 1 aromatic heterocycles. The molecule has 1 saturated heterocycles. The maximum Gasteiger partial charge on any atom is 0.186 e. The Balaban J connectivity index is 2.21. The first-order valence-electron chi connectivity index (χ1n) is 4.15. The quantitative estimate of drug-likeness (QED) is 0.758. The standard InChI is InChI=1S/C8H11BrN2S/c1-6-7(9)12-8(10-6)11-4-2-3-5-11/h2-5H2,1H3. The van der Waals surface area contributed by atoms with Crippen molar-refractivity contribution in [1.29, 1.82) is 0 Å². The zero-order chi connectivity index (χ0) is 8.55. The van der Waals surface area contributed by atoms with Crippen LogP contribution in [0.1, 0.15) is 18.5 Å². The van der Waals surface area contributed by atoms with Crippen LogP contribution >= 0.6 is 27.3 Å². The van der Waals surface area contributed by atoms with E-state index in [1.54, 1.807) is 11.3 Å². The monoisotopic (exact) mass is 246 g/mol. The predicted octanol–water partition coefficient (Wildman–Crippen LogP) is 2.81. The molecule has 0 bridgehead atoms. The smallest absolute Gasteiger partial charge is 0.186 e. The largest absolute Gasteiger partial charge is 0.348 e. The first-order chi connectivity index (χ1) is 5.77. The first-order valence-corrected chi connectivity index (χ1v) is 5.76. The molecule has 0 unspecified atom stereocenters. The second kappa shape index (κ2) is 3.34. The van der Waals surface area contributed by atoms with Gasteiger partial charge in [0.1, 0.15) is 0 Å². The minimum atomic E-state index is 1.11. The van der Waals surface area contributed by atoms with E-state index in [0.29, 0.717) is 0 Å². The topological polar surface area (TPSA) is 16.1 Å². The van der Waals surface area contributed by atoms with E-state index < -0.39 is 0 Å². The SMILES string of the molecule is Cc1nc(N2CCCC2)sc1Br. The highest BCUT2D eigenvalue weighted by Gasteiger charge is 2.16. The lowest BCUT2D eigenvalue weighted by Crippen LogP contribution is -2.17. The molecule has 2 heterocycles. The third-order valence-electron chi connectivity index (χ3n) is 2.11. The molecule has 2 rings (SSSR count). The van der Waals surface area contributed by atoms with Gasteiger partial charge in [-0.05, 0) is 35.7 Å². The lowest BCUT2D eigenvalue weighted by atomic mass is 10.4. The number of nitrogens with zero attached hydrogens (tertiary/aromatic N) is 2. The Labute approximate surface area is 84.7 Å². The van der Waals surface area contributed by atoms with E-state index in [2.05, 4.69) is 25.8 Å². The van der Waals surface area contributed by atoms with Crippen molar-refractivity contribution in [2.45, 2.75) is 19.8 Å². The average molecular weight is 247 g/mol. The van der Waals surface area contributed by atoms with E-state index in [1.165, 1.54) is 34.8 Å². The summed E-state index contributed by atoms with van der Waals surface area (Å²) in [6.45, 7) is 4.40. The molecule has 4 heteroatoms. The first kappa shape index (κ1) is 8.51. The summed E-state index contributed by atoms with van der Waals surface area (Å²) in [7, 11) is 0. The molecule has 12 heavy (non-hydrogen) atoms. The molecule has 0 radical (unpaired) electrons. The molecule has 1 aliphatic rings. The number of hydrogen-bond donors (Lipinski definition) is 0. The molecule has 0 aromatic carbocycles. The van der Waals surface area contributed by atoms with Crippen LogP contribution in [0.2, 0.25) is 0 Å². The number of thiazole rings is 1. The van der Waals surface area contributed by atoms with Gasteiger partial charge in [0.15, 0.2) is 5.13 Å². The molecule has 66 valence electrons. The third kappa shape index (κ3) is 1.50. The maximum absolute atomic E-state index is 4.49. The van der Waals surface area contributed by atoms with Crippen LogP contribution in [0.5, 0.6) is 0 Å². The van der Waals surface area contributed by atoms with E-state index in [9.17, 15) is 0 Å². The fraction of sp³-hybridized carbons (Fsp3) is 0.625. The molecule has 0 atom stereocenters. The van der Waals surface area contributed by atoms with E-state index in [4.69, 9.17) is 0 Å². The highest BCUT2D eigenvalue weighted by Crippen LogP contribution is 2.31.